The lowest BCUT2D eigenvalue weighted by Gasteiger charge is -2.17. The zero-order chi connectivity index (χ0) is 18.4. The van der Waals surface area contributed by atoms with E-state index in [0.29, 0.717) is 22.6 Å². The Kier molecular flexibility index (Phi) is 4.97. The van der Waals surface area contributed by atoms with Gasteiger partial charge in [0.05, 0.1) is 16.4 Å². The normalized spacial score (nSPS) is 18.5. The number of aromatic nitrogens is 4. The molecule has 1 fully saturated rings. The molecule has 1 saturated carbocycles. The molecule has 0 saturated heterocycles. The van der Waals surface area contributed by atoms with Crippen LogP contribution in [0.25, 0.3) is 22.4 Å². The monoisotopic (exact) mass is 401 g/mol. The van der Waals surface area contributed by atoms with Gasteiger partial charge in [-0.2, -0.15) is 4.98 Å². The smallest absolute Gasteiger partial charge is 0.261 e. The summed E-state index contributed by atoms with van der Waals surface area (Å²) in [6.07, 6.45) is 8.03. The Morgan fingerprint density at radius 2 is 1.89 bits per heavy atom. The van der Waals surface area contributed by atoms with Crippen LogP contribution in [0.3, 0.4) is 0 Å². The molecule has 0 atom stereocenters. The van der Waals surface area contributed by atoms with E-state index < -0.39 is 5.54 Å². The third-order valence-corrected chi connectivity index (χ3v) is 5.93. The number of hydrogen-bond acceptors (Lipinski definition) is 6. The Morgan fingerprint density at radius 1 is 1.07 bits per heavy atom. The van der Waals surface area contributed by atoms with Crippen molar-refractivity contribution in [3.05, 3.63) is 40.2 Å². The second-order valence-corrected chi connectivity index (χ2v) is 7.81. The molecule has 8 heteroatoms. The summed E-state index contributed by atoms with van der Waals surface area (Å²) in [5.41, 5.74) is 7.46. The topological polar surface area (TPSA) is 99.8 Å². The van der Waals surface area contributed by atoms with Crippen molar-refractivity contribution in [1.82, 2.24) is 19.7 Å². The molecule has 2 aliphatic rings. The van der Waals surface area contributed by atoms with E-state index in [1.54, 1.807) is 0 Å². The van der Waals surface area contributed by atoms with Crippen LogP contribution in [0, 0.1) is 0 Å². The highest BCUT2D eigenvalue weighted by atomic mass is 35.5. The number of nitrogens with two attached hydrogens (primary N) is 1. The van der Waals surface area contributed by atoms with E-state index in [0.717, 1.165) is 69.3 Å². The Balaban J connectivity index is 0.00000192. The fourth-order valence-electron chi connectivity index (χ4n) is 4.32. The molecular weight excluding hydrogens is 378 g/mol. The molecule has 3 aromatic rings. The van der Waals surface area contributed by atoms with Crippen molar-refractivity contribution < 1.29 is 4.52 Å². The highest BCUT2D eigenvalue weighted by molar-refractivity contribution is 5.85. The van der Waals surface area contributed by atoms with Gasteiger partial charge in [0.1, 0.15) is 5.82 Å². The largest absolute Gasteiger partial charge is 0.334 e. The first-order chi connectivity index (χ1) is 13.1. The molecule has 28 heavy (non-hydrogen) atoms. The van der Waals surface area contributed by atoms with E-state index in [2.05, 4.69) is 10.1 Å². The van der Waals surface area contributed by atoms with E-state index in [1.807, 2.05) is 22.8 Å². The molecule has 3 heterocycles. The number of halogens is 1. The lowest BCUT2D eigenvalue weighted by Crippen LogP contribution is -2.34. The van der Waals surface area contributed by atoms with Gasteiger partial charge < -0.3 is 10.3 Å². The van der Waals surface area contributed by atoms with Crippen LogP contribution >= 0.6 is 12.4 Å². The third-order valence-electron chi connectivity index (χ3n) is 5.93. The van der Waals surface area contributed by atoms with Crippen LogP contribution in [0.2, 0.25) is 0 Å². The number of hydrogen-bond donors (Lipinski definition) is 1. The SMILES string of the molecule is Cl.NC1(c2noc(-c3ccc4c(=O)n5c(nc4c3)CCCCC5)n2)CCCC1. The highest BCUT2D eigenvalue weighted by Gasteiger charge is 2.36. The van der Waals surface area contributed by atoms with E-state index in [4.69, 9.17) is 15.2 Å². The van der Waals surface area contributed by atoms with Gasteiger partial charge in [0.2, 0.25) is 0 Å². The molecular formula is C20H24ClN5O2. The van der Waals surface area contributed by atoms with Crippen molar-refractivity contribution in [2.45, 2.75) is 63.5 Å². The lowest BCUT2D eigenvalue weighted by atomic mass is 9.99. The predicted octanol–water partition coefficient (Wildman–Crippen LogP) is 3.32. The molecule has 7 nitrogen and oxygen atoms in total. The van der Waals surface area contributed by atoms with Crippen molar-refractivity contribution in [2.24, 2.45) is 5.73 Å². The quantitative estimate of drug-likeness (QED) is 0.706. The van der Waals surface area contributed by atoms with Crippen LogP contribution in [-0.2, 0) is 18.5 Å². The summed E-state index contributed by atoms with van der Waals surface area (Å²) in [6, 6.07) is 5.54. The fourth-order valence-corrected chi connectivity index (χ4v) is 4.32. The molecule has 1 aliphatic carbocycles. The standard InChI is InChI=1S/C20H23N5O2.ClH/c21-20(9-3-4-10-20)19-23-17(27-24-19)13-7-8-14-15(12-13)22-16-6-2-1-5-11-25(16)18(14)26;/h7-8,12H,1-6,9-11,21H2;1H. The van der Waals surface area contributed by atoms with Crippen LogP contribution < -0.4 is 11.3 Å². The van der Waals surface area contributed by atoms with Crippen molar-refractivity contribution in [2.75, 3.05) is 0 Å². The zero-order valence-electron chi connectivity index (χ0n) is 15.7. The summed E-state index contributed by atoms with van der Waals surface area (Å²) in [4.78, 5) is 22.2. The van der Waals surface area contributed by atoms with Crippen molar-refractivity contribution in [3.8, 4) is 11.5 Å². The molecule has 5 rings (SSSR count). The molecule has 1 aromatic carbocycles. The summed E-state index contributed by atoms with van der Waals surface area (Å²) in [6.45, 7) is 0.754. The molecule has 1 aliphatic heterocycles. The van der Waals surface area contributed by atoms with Crippen LogP contribution in [0.4, 0.5) is 0 Å². The van der Waals surface area contributed by atoms with Gasteiger partial charge in [-0.25, -0.2) is 4.98 Å². The fraction of sp³-hybridized carbons (Fsp3) is 0.500. The zero-order valence-corrected chi connectivity index (χ0v) is 16.5. The summed E-state index contributed by atoms with van der Waals surface area (Å²) in [5.74, 6) is 1.88. The summed E-state index contributed by atoms with van der Waals surface area (Å²) in [5, 5.41) is 4.76. The van der Waals surface area contributed by atoms with E-state index >= 15 is 0 Å². The third kappa shape index (κ3) is 3.12. The van der Waals surface area contributed by atoms with Crippen LogP contribution in [0.5, 0.6) is 0 Å². The molecule has 0 spiro atoms. The van der Waals surface area contributed by atoms with Gasteiger partial charge in [0, 0.05) is 18.5 Å². The molecule has 0 bridgehead atoms. The number of nitrogens with zero attached hydrogens (tertiary/aromatic N) is 4. The van der Waals surface area contributed by atoms with E-state index in [-0.39, 0.29) is 18.0 Å². The van der Waals surface area contributed by atoms with Gasteiger partial charge in [-0.3, -0.25) is 9.36 Å². The minimum absolute atomic E-state index is 0. The van der Waals surface area contributed by atoms with Gasteiger partial charge in [0.25, 0.3) is 11.4 Å². The van der Waals surface area contributed by atoms with E-state index in [9.17, 15) is 4.79 Å². The van der Waals surface area contributed by atoms with Gasteiger partial charge >= 0.3 is 0 Å². The number of rotatable bonds is 2. The lowest BCUT2D eigenvalue weighted by molar-refractivity contribution is 0.372. The van der Waals surface area contributed by atoms with Crippen LogP contribution in [0.15, 0.2) is 27.5 Å². The first-order valence-corrected chi connectivity index (χ1v) is 9.81. The first kappa shape index (κ1) is 19.1. The second kappa shape index (κ2) is 7.29. The van der Waals surface area contributed by atoms with Gasteiger partial charge in [-0.15, -0.1) is 12.4 Å². The minimum atomic E-state index is -0.479. The number of aryl methyl sites for hydroxylation is 1. The van der Waals surface area contributed by atoms with Crippen molar-refractivity contribution in [1.29, 1.82) is 0 Å². The van der Waals surface area contributed by atoms with Crippen LogP contribution in [0.1, 0.15) is 56.6 Å². The predicted molar refractivity (Wildman–Crippen MR) is 108 cm³/mol. The van der Waals surface area contributed by atoms with Gasteiger partial charge in [-0.05, 0) is 43.9 Å². The maximum absolute atomic E-state index is 12.8. The number of fused-ring (bicyclic) bond motifs is 2. The second-order valence-electron chi connectivity index (χ2n) is 7.81. The Hall–Kier alpha value is -2.25. The average molecular weight is 402 g/mol. The molecule has 0 unspecified atom stereocenters. The molecule has 0 amide bonds. The van der Waals surface area contributed by atoms with Gasteiger partial charge in [-0.1, -0.05) is 24.4 Å². The minimum Gasteiger partial charge on any atom is -0.334 e. The molecule has 2 N–H and O–H groups in total. The van der Waals surface area contributed by atoms with Gasteiger partial charge in [0.15, 0.2) is 5.82 Å². The number of benzene rings is 1. The molecule has 148 valence electrons. The first-order valence-electron chi connectivity index (χ1n) is 9.81. The maximum Gasteiger partial charge on any atom is 0.261 e. The average Bonchev–Trinajstić information content (AvgIpc) is 3.28. The van der Waals surface area contributed by atoms with E-state index in [1.165, 1.54) is 0 Å². The van der Waals surface area contributed by atoms with Crippen LogP contribution in [-0.4, -0.2) is 19.7 Å². The molecule has 2 aromatic heterocycles. The molecule has 0 radical (unpaired) electrons. The Labute approximate surface area is 168 Å². The summed E-state index contributed by atoms with van der Waals surface area (Å²) < 4.78 is 7.32. The summed E-state index contributed by atoms with van der Waals surface area (Å²) >= 11 is 0. The summed E-state index contributed by atoms with van der Waals surface area (Å²) in [7, 11) is 0. The van der Waals surface area contributed by atoms with Crippen molar-refractivity contribution >= 4 is 23.3 Å². The Bertz CT molecular complexity index is 1070. The maximum atomic E-state index is 12.8. The Morgan fingerprint density at radius 3 is 2.71 bits per heavy atom. The highest BCUT2D eigenvalue weighted by Crippen LogP contribution is 2.35. The van der Waals surface area contributed by atoms with Crippen molar-refractivity contribution in [3.63, 3.8) is 0 Å².